The van der Waals surface area contributed by atoms with Crippen molar-refractivity contribution >= 4 is 22.1 Å². The smallest absolute Gasteiger partial charge is 0.119 e. The van der Waals surface area contributed by atoms with Crippen LogP contribution in [-0.2, 0) is 17.3 Å². The Labute approximate surface area is 113 Å². The van der Waals surface area contributed by atoms with E-state index >= 15 is 0 Å². The van der Waals surface area contributed by atoms with Crippen molar-refractivity contribution < 1.29 is 8.95 Å². The molecule has 1 unspecified atom stereocenters. The number of thiophene rings is 1. The molecule has 2 rings (SSSR count). The Hall–Kier alpha value is -1.17. The molecular weight excluding hydrogens is 266 g/mol. The van der Waals surface area contributed by atoms with Crippen molar-refractivity contribution in [3.05, 3.63) is 47.3 Å². The summed E-state index contributed by atoms with van der Waals surface area (Å²) in [7, 11) is -0.958. The molecule has 0 bridgehead atoms. The Morgan fingerprint density at radius 2 is 2.00 bits per heavy atom. The predicted octanol–water partition coefficient (Wildman–Crippen LogP) is 2.39. The molecule has 1 aromatic carbocycles. The third-order valence-corrected chi connectivity index (χ3v) is 5.05. The van der Waals surface area contributed by atoms with Gasteiger partial charge in [-0.25, -0.2) is 0 Å². The maximum Gasteiger partial charge on any atom is 0.119 e. The van der Waals surface area contributed by atoms with E-state index in [0.29, 0.717) is 18.9 Å². The minimum Gasteiger partial charge on any atom is -0.493 e. The summed E-state index contributed by atoms with van der Waals surface area (Å²) >= 11 is 1.51. The van der Waals surface area contributed by atoms with Gasteiger partial charge in [0.25, 0.3) is 0 Å². The van der Waals surface area contributed by atoms with Gasteiger partial charge in [0.05, 0.1) is 20.8 Å². The van der Waals surface area contributed by atoms with E-state index in [4.69, 9.17) is 10.5 Å². The van der Waals surface area contributed by atoms with Crippen LogP contribution in [0.15, 0.2) is 46.0 Å². The highest BCUT2D eigenvalue weighted by Gasteiger charge is 2.04. The average molecular weight is 281 g/mol. The maximum atomic E-state index is 11.8. The summed E-state index contributed by atoms with van der Waals surface area (Å²) in [6.07, 6.45) is 0. The topological polar surface area (TPSA) is 52.3 Å². The van der Waals surface area contributed by atoms with E-state index < -0.39 is 10.8 Å². The number of hydrogen-bond donors (Lipinski definition) is 1. The highest BCUT2D eigenvalue weighted by molar-refractivity contribution is 7.87. The fraction of sp³-hybridized carbons (Fsp3) is 0.231. The lowest BCUT2D eigenvalue weighted by molar-refractivity contribution is 0.342. The lowest BCUT2D eigenvalue weighted by Crippen LogP contribution is -2.08. The Bertz CT molecular complexity index is 494. The second-order valence-electron chi connectivity index (χ2n) is 3.68. The number of nitrogens with two attached hydrogens (primary N) is 1. The van der Waals surface area contributed by atoms with Crippen LogP contribution >= 0.6 is 11.3 Å². The molecule has 96 valence electrons. The van der Waals surface area contributed by atoms with E-state index in [9.17, 15) is 4.21 Å². The molecule has 0 fully saturated rings. The van der Waals surface area contributed by atoms with Gasteiger partial charge in [-0.2, -0.15) is 0 Å². The van der Waals surface area contributed by atoms with E-state index in [0.717, 1.165) is 15.5 Å². The predicted molar refractivity (Wildman–Crippen MR) is 75.4 cm³/mol. The molecule has 1 heterocycles. The van der Waals surface area contributed by atoms with Crippen molar-refractivity contribution in [2.45, 2.75) is 10.8 Å². The number of benzene rings is 1. The summed E-state index contributed by atoms with van der Waals surface area (Å²) in [5, 5.41) is 1.93. The summed E-state index contributed by atoms with van der Waals surface area (Å²) in [6.45, 7) is 0.981. The minimum atomic E-state index is -0.958. The molecule has 1 aromatic heterocycles. The second-order valence-corrected chi connectivity index (χ2v) is 6.42. The first-order valence-electron chi connectivity index (χ1n) is 5.63. The third kappa shape index (κ3) is 3.66. The Kier molecular flexibility index (Phi) is 4.92. The van der Waals surface area contributed by atoms with Gasteiger partial charge in [0.2, 0.25) is 0 Å². The van der Waals surface area contributed by atoms with Crippen LogP contribution in [0.25, 0.3) is 0 Å². The Balaban J connectivity index is 1.79. The molecule has 0 aliphatic rings. The Morgan fingerprint density at radius 3 is 2.61 bits per heavy atom. The first-order chi connectivity index (χ1) is 8.79. The summed E-state index contributed by atoms with van der Waals surface area (Å²) in [6, 6.07) is 11.4. The van der Waals surface area contributed by atoms with Gasteiger partial charge in [0.1, 0.15) is 12.4 Å². The molecule has 0 aliphatic carbocycles. The van der Waals surface area contributed by atoms with Crippen LogP contribution in [0.3, 0.4) is 0 Å². The molecule has 0 amide bonds. The molecule has 2 N–H and O–H groups in total. The van der Waals surface area contributed by atoms with Gasteiger partial charge >= 0.3 is 0 Å². The number of hydrogen-bond acceptors (Lipinski definition) is 4. The van der Waals surface area contributed by atoms with Gasteiger partial charge in [-0.15, -0.1) is 11.3 Å². The van der Waals surface area contributed by atoms with E-state index in [1.807, 2.05) is 41.8 Å². The van der Waals surface area contributed by atoms with E-state index in [2.05, 4.69) is 0 Å². The molecule has 2 aromatic rings. The normalized spacial score (nSPS) is 12.3. The zero-order valence-corrected chi connectivity index (χ0v) is 11.5. The van der Waals surface area contributed by atoms with Crippen LogP contribution < -0.4 is 10.5 Å². The highest BCUT2D eigenvalue weighted by atomic mass is 32.2. The largest absolute Gasteiger partial charge is 0.493 e. The first-order valence-corrected chi connectivity index (χ1v) is 7.83. The molecule has 0 aliphatic heterocycles. The van der Waals surface area contributed by atoms with Crippen LogP contribution in [0.2, 0.25) is 0 Å². The number of rotatable bonds is 6. The third-order valence-electron chi connectivity index (χ3n) is 2.42. The summed E-state index contributed by atoms with van der Waals surface area (Å²) in [4.78, 5) is 0. The molecular formula is C13H15NO2S2. The second kappa shape index (κ2) is 6.68. The highest BCUT2D eigenvalue weighted by Crippen LogP contribution is 2.15. The fourth-order valence-electron chi connectivity index (χ4n) is 1.45. The first kappa shape index (κ1) is 13.3. The average Bonchev–Trinajstić information content (AvgIpc) is 2.93. The van der Waals surface area contributed by atoms with Crippen molar-refractivity contribution in [2.24, 2.45) is 5.73 Å². The van der Waals surface area contributed by atoms with E-state index in [1.54, 1.807) is 0 Å². The van der Waals surface area contributed by atoms with Gasteiger partial charge in [0, 0.05) is 6.54 Å². The Morgan fingerprint density at radius 1 is 1.22 bits per heavy atom. The van der Waals surface area contributed by atoms with Gasteiger partial charge < -0.3 is 10.5 Å². The summed E-state index contributed by atoms with van der Waals surface area (Å²) < 4.78 is 18.3. The van der Waals surface area contributed by atoms with Crippen molar-refractivity contribution in [1.29, 1.82) is 0 Å². The zero-order chi connectivity index (χ0) is 12.8. The van der Waals surface area contributed by atoms with Crippen LogP contribution in [0.1, 0.15) is 5.56 Å². The maximum absolute atomic E-state index is 11.8. The lowest BCUT2D eigenvalue weighted by Gasteiger charge is -2.06. The van der Waals surface area contributed by atoms with Gasteiger partial charge in [-0.3, -0.25) is 4.21 Å². The van der Waals surface area contributed by atoms with E-state index in [1.165, 1.54) is 11.3 Å². The molecule has 0 radical (unpaired) electrons. The lowest BCUT2D eigenvalue weighted by atomic mass is 10.2. The molecule has 0 spiro atoms. The SMILES string of the molecule is NCc1ccc(OCCS(=O)c2cccs2)cc1. The van der Waals surface area contributed by atoms with Crippen molar-refractivity contribution in [3.63, 3.8) is 0 Å². The standard InChI is InChI=1S/C13H15NO2S2/c14-10-11-3-5-12(6-4-11)16-7-9-18(15)13-2-1-8-17-13/h1-6,8H,7,9-10,14H2. The van der Waals surface area contributed by atoms with Crippen molar-refractivity contribution in [1.82, 2.24) is 0 Å². The van der Waals surface area contributed by atoms with Crippen LogP contribution in [0.5, 0.6) is 5.75 Å². The minimum absolute atomic E-state index is 0.451. The molecule has 0 saturated carbocycles. The summed E-state index contributed by atoms with van der Waals surface area (Å²) in [5.74, 6) is 1.30. The van der Waals surface area contributed by atoms with Crippen LogP contribution in [-0.4, -0.2) is 16.6 Å². The van der Waals surface area contributed by atoms with Gasteiger partial charge in [0.15, 0.2) is 0 Å². The van der Waals surface area contributed by atoms with Gasteiger partial charge in [-0.05, 0) is 29.1 Å². The molecule has 5 heteroatoms. The molecule has 18 heavy (non-hydrogen) atoms. The molecule has 0 saturated heterocycles. The van der Waals surface area contributed by atoms with Crippen LogP contribution in [0, 0.1) is 0 Å². The fourth-order valence-corrected chi connectivity index (χ4v) is 3.41. The van der Waals surface area contributed by atoms with Crippen LogP contribution in [0.4, 0.5) is 0 Å². The molecule has 3 nitrogen and oxygen atoms in total. The molecule has 1 atom stereocenters. The monoisotopic (exact) mass is 281 g/mol. The quantitative estimate of drug-likeness (QED) is 0.884. The van der Waals surface area contributed by atoms with Crippen molar-refractivity contribution in [2.75, 3.05) is 12.4 Å². The number of ether oxygens (including phenoxy) is 1. The van der Waals surface area contributed by atoms with Crippen molar-refractivity contribution in [3.8, 4) is 5.75 Å². The van der Waals surface area contributed by atoms with Gasteiger partial charge in [-0.1, -0.05) is 18.2 Å². The summed E-state index contributed by atoms with van der Waals surface area (Å²) in [5.41, 5.74) is 6.59. The zero-order valence-electron chi connectivity index (χ0n) is 9.87. The van der Waals surface area contributed by atoms with E-state index in [-0.39, 0.29) is 0 Å².